The second-order valence-electron chi connectivity index (χ2n) is 4.41. The zero-order chi connectivity index (χ0) is 13.8. The third kappa shape index (κ3) is 3.02. The maximum Gasteiger partial charge on any atom is 0.128 e. The van der Waals surface area contributed by atoms with Crippen molar-refractivity contribution in [2.75, 3.05) is 12.4 Å². The molecule has 0 saturated carbocycles. The first kappa shape index (κ1) is 13.3. The number of nitrogens with one attached hydrogen (secondary N) is 1. The summed E-state index contributed by atoms with van der Waals surface area (Å²) in [6, 6.07) is 6.38. The van der Waals surface area contributed by atoms with Crippen LogP contribution in [0.5, 0.6) is 5.75 Å². The van der Waals surface area contributed by atoms with Gasteiger partial charge in [-0.1, -0.05) is 6.07 Å². The molecule has 3 nitrogen and oxygen atoms in total. The van der Waals surface area contributed by atoms with E-state index in [2.05, 4.69) is 10.3 Å². The Bertz CT molecular complexity index is 584. The second kappa shape index (κ2) is 5.69. The first-order chi connectivity index (χ1) is 9.11. The van der Waals surface area contributed by atoms with Crippen LogP contribution < -0.4 is 10.1 Å². The van der Waals surface area contributed by atoms with E-state index >= 15 is 0 Å². The van der Waals surface area contributed by atoms with Crippen LogP contribution in [0.15, 0.2) is 30.5 Å². The number of aromatic nitrogens is 1. The molecule has 1 aromatic heterocycles. The van der Waals surface area contributed by atoms with Crippen LogP contribution >= 0.6 is 0 Å². The van der Waals surface area contributed by atoms with Gasteiger partial charge in [-0.3, -0.25) is 4.98 Å². The number of ether oxygens (including phenoxy) is 1. The molecule has 0 aliphatic heterocycles. The number of pyridine rings is 1. The van der Waals surface area contributed by atoms with Crippen LogP contribution in [0.4, 0.5) is 10.1 Å². The second-order valence-corrected chi connectivity index (χ2v) is 4.41. The van der Waals surface area contributed by atoms with Gasteiger partial charge in [-0.2, -0.15) is 0 Å². The van der Waals surface area contributed by atoms with E-state index < -0.39 is 0 Å². The fraction of sp³-hybridized carbons (Fsp3) is 0.267. The SMILES string of the molecule is COc1c(C)cnc(CNc2cccc(F)c2)c1C. The summed E-state index contributed by atoms with van der Waals surface area (Å²) in [5, 5.41) is 3.16. The smallest absolute Gasteiger partial charge is 0.128 e. The summed E-state index contributed by atoms with van der Waals surface area (Å²) in [5.74, 6) is 0.599. The lowest BCUT2D eigenvalue weighted by Gasteiger charge is -2.13. The molecule has 0 amide bonds. The Balaban J connectivity index is 2.16. The molecule has 0 unspecified atom stereocenters. The number of methoxy groups -OCH3 is 1. The van der Waals surface area contributed by atoms with Gasteiger partial charge in [0.15, 0.2) is 0 Å². The Labute approximate surface area is 112 Å². The molecule has 0 spiro atoms. The third-order valence-corrected chi connectivity index (χ3v) is 3.03. The molecular weight excluding hydrogens is 243 g/mol. The number of aryl methyl sites for hydroxylation is 1. The van der Waals surface area contributed by atoms with Gasteiger partial charge in [-0.25, -0.2) is 4.39 Å². The van der Waals surface area contributed by atoms with E-state index in [9.17, 15) is 4.39 Å². The lowest BCUT2D eigenvalue weighted by atomic mass is 10.1. The van der Waals surface area contributed by atoms with E-state index in [1.165, 1.54) is 12.1 Å². The van der Waals surface area contributed by atoms with Crippen LogP contribution in [0.3, 0.4) is 0 Å². The van der Waals surface area contributed by atoms with Crippen molar-refractivity contribution < 1.29 is 9.13 Å². The topological polar surface area (TPSA) is 34.1 Å². The molecule has 19 heavy (non-hydrogen) atoms. The van der Waals surface area contributed by atoms with Crippen molar-refractivity contribution in [2.24, 2.45) is 0 Å². The first-order valence-corrected chi connectivity index (χ1v) is 6.10. The quantitative estimate of drug-likeness (QED) is 0.914. The van der Waals surface area contributed by atoms with Crippen LogP contribution in [-0.4, -0.2) is 12.1 Å². The zero-order valence-corrected chi connectivity index (χ0v) is 11.3. The summed E-state index contributed by atoms with van der Waals surface area (Å²) < 4.78 is 18.4. The summed E-state index contributed by atoms with van der Waals surface area (Å²) in [5.41, 5.74) is 3.65. The van der Waals surface area contributed by atoms with Crippen molar-refractivity contribution >= 4 is 5.69 Å². The molecule has 1 heterocycles. The van der Waals surface area contributed by atoms with Gasteiger partial charge < -0.3 is 10.1 Å². The predicted molar refractivity (Wildman–Crippen MR) is 74.0 cm³/mol. The Kier molecular flexibility index (Phi) is 4.00. The Morgan fingerprint density at radius 3 is 2.79 bits per heavy atom. The van der Waals surface area contributed by atoms with E-state index in [4.69, 9.17) is 4.74 Å². The van der Waals surface area contributed by atoms with E-state index in [-0.39, 0.29) is 5.82 Å². The number of anilines is 1. The van der Waals surface area contributed by atoms with Crippen molar-refractivity contribution in [3.63, 3.8) is 0 Å². The van der Waals surface area contributed by atoms with E-state index in [1.807, 2.05) is 19.9 Å². The van der Waals surface area contributed by atoms with Crippen molar-refractivity contribution in [3.8, 4) is 5.75 Å². The molecule has 2 aromatic rings. The van der Waals surface area contributed by atoms with Gasteiger partial charge in [-0.05, 0) is 32.0 Å². The summed E-state index contributed by atoms with van der Waals surface area (Å²) in [4.78, 5) is 4.39. The summed E-state index contributed by atoms with van der Waals surface area (Å²) >= 11 is 0. The van der Waals surface area contributed by atoms with Gasteiger partial charge in [-0.15, -0.1) is 0 Å². The number of nitrogens with zero attached hydrogens (tertiary/aromatic N) is 1. The lowest BCUT2D eigenvalue weighted by Crippen LogP contribution is -2.06. The monoisotopic (exact) mass is 260 g/mol. The maximum absolute atomic E-state index is 13.1. The van der Waals surface area contributed by atoms with Crippen LogP contribution in [0.1, 0.15) is 16.8 Å². The van der Waals surface area contributed by atoms with Crippen molar-refractivity contribution in [1.29, 1.82) is 0 Å². The van der Waals surface area contributed by atoms with Crippen molar-refractivity contribution in [3.05, 3.63) is 53.1 Å². The average molecular weight is 260 g/mol. The molecule has 0 bridgehead atoms. The van der Waals surface area contributed by atoms with E-state index in [0.717, 1.165) is 28.3 Å². The molecule has 0 radical (unpaired) electrons. The van der Waals surface area contributed by atoms with E-state index in [0.29, 0.717) is 6.54 Å². The summed E-state index contributed by atoms with van der Waals surface area (Å²) in [6.45, 7) is 4.47. The maximum atomic E-state index is 13.1. The van der Waals surface area contributed by atoms with Crippen LogP contribution in [0.2, 0.25) is 0 Å². The minimum Gasteiger partial charge on any atom is -0.496 e. The van der Waals surface area contributed by atoms with Gasteiger partial charge >= 0.3 is 0 Å². The molecule has 0 atom stereocenters. The number of halogens is 1. The minimum absolute atomic E-state index is 0.254. The van der Waals surface area contributed by atoms with Crippen LogP contribution in [-0.2, 0) is 6.54 Å². The highest BCUT2D eigenvalue weighted by molar-refractivity contribution is 5.46. The van der Waals surface area contributed by atoms with Crippen molar-refractivity contribution in [1.82, 2.24) is 4.98 Å². The highest BCUT2D eigenvalue weighted by Crippen LogP contribution is 2.24. The minimum atomic E-state index is -0.254. The molecule has 100 valence electrons. The van der Waals surface area contributed by atoms with Crippen molar-refractivity contribution in [2.45, 2.75) is 20.4 Å². The van der Waals surface area contributed by atoms with Crippen LogP contribution in [0, 0.1) is 19.7 Å². The molecule has 4 heteroatoms. The van der Waals surface area contributed by atoms with Gasteiger partial charge in [0.25, 0.3) is 0 Å². The number of rotatable bonds is 4. The Hall–Kier alpha value is -2.10. The third-order valence-electron chi connectivity index (χ3n) is 3.03. The molecule has 1 N–H and O–H groups in total. The first-order valence-electron chi connectivity index (χ1n) is 6.10. The summed E-state index contributed by atoms with van der Waals surface area (Å²) in [7, 11) is 1.65. The highest BCUT2D eigenvalue weighted by atomic mass is 19.1. The Morgan fingerprint density at radius 1 is 1.32 bits per heavy atom. The standard InChI is InChI=1S/C15H17FN2O/c1-10-8-18-14(11(2)15(10)19-3)9-17-13-6-4-5-12(16)7-13/h4-8,17H,9H2,1-3H3. The molecule has 1 aromatic carbocycles. The van der Waals surface area contributed by atoms with E-state index in [1.54, 1.807) is 19.4 Å². The fourth-order valence-electron chi connectivity index (χ4n) is 2.03. The fourth-order valence-corrected chi connectivity index (χ4v) is 2.03. The normalized spacial score (nSPS) is 10.3. The molecule has 0 fully saturated rings. The van der Waals surface area contributed by atoms with Crippen LogP contribution in [0.25, 0.3) is 0 Å². The zero-order valence-electron chi connectivity index (χ0n) is 11.3. The highest BCUT2D eigenvalue weighted by Gasteiger charge is 2.09. The van der Waals surface area contributed by atoms with Gasteiger partial charge in [0.2, 0.25) is 0 Å². The summed E-state index contributed by atoms with van der Waals surface area (Å²) in [6.07, 6.45) is 1.79. The van der Waals surface area contributed by atoms with Gasteiger partial charge in [0.1, 0.15) is 11.6 Å². The lowest BCUT2D eigenvalue weighted by molar-refractivity contribution is 0.407. The molecule has 2 rings (SSSR count). The molecule has 0 aliphatic carbocycles. The molecular formula is C15H17FN2O. The average Bonchev–Trinajstić information content (AvgIpc) is 2.38. The predicted octanol–water partition coefficient (Wildman–Crippen LogP) is 3.46. The molecule has 0 aliphatic rings. The number of benzene rings is 1. The van der Waals surface area contributed by atoms with Gasteiger partial charge in [0, 0.05) is 23.0 Å². The van der Waals surface area contributed by atoms with Gasteiger partial charge in [0.05, 0.1) is 19.3 Å². The molecule has 0 saturated heterocycles. The number of hydrogen-bond donors (Lipinski definition) is 1. The number of hydrogen-bond acceptors (Lipinski definition) is 3. The Morgan fingerprint density at radius 2 is 2.11 bits per heavy atom. The largest absolute Gasteiger partial charge is 0.496 e.